The third-order valence-corrected chi connectivity index (χ3v) is 4.80. The van der Waals surface area contributed by atoms with Gasteiger partial charge in [-0.3, -0.25) is 4.90 Å². The highest BCUT2D eigenvalue weighted by atomic mass is 16.5. The van der Waals surface area contributed by atoms with E-state index in [1.807, 2.05) is 30.3 Å². The second-order valence-corrected chi connectivity index (χ2v) is 6.61. The van der Waals surface area contributed by atoms with Gasteiger partial charge in [-0.05, 0) is 37.1 Å². The van der Waals surface area contributed by atoms with Crippen LogP contribution in [0.2, 0.25) is 0 Å². The van der Waals surface area contributed by atoms with Gasteiger partial charge in [-0.2, -0.15) is 0 Å². The summed E-state index contributed by atoms with van der Waals surface area (Å²) in [5.74, 6) is -0.256. The van der Waals surface area contributed by atoms with Crippen molar-refractivity contribution in [1.29, 1.82) is 0 Å². The number of urea groups is 1. The van der Waals surface area contributed by atoms with Crippen LogP contribution in [0.4, 0.5) is 4.79 Å². The minimum Gasteiger partial charge on any atom is -0.504 e. The molecule has 1 atom stereocenters. The Hall–Kier alpha value is -3.48. The lowest BCUT2D eigenvalue weighted by molar-refractivity contribution is -0.136. The molecular formula is C22H24N2O5. The number of phenols is 1. The van der Waals surface area contributed by atoms with Crippen molar-refractivity contribution in [3.8, 4) is 11.5 Å². The van der Waals surface area contributed by atoms with Crippen LogP contribution in [-0.2, 0) is 16.1 Å². The highest BCUT2D eigenvalue weighted by molar-refractivity contribution is 5.95. The molecule has 0 bridgehead atoms. The van der Waals surface area contributed by atoms with E-state index in [0.717, 1.165) is 5.56 Å². The molecule has 7 heteroatoms. The number of aromatic hydroxyl groups is 1. The number of hydrogen-bond acceptors (Lipinski definition) is 5. The first-order valence-corrected chi connectivity index (χ1v) is 9.33. The zero-order valence-corrected chi connectivity index (χ0v) is 16.6. The Morgan fingerprint density at radius 1 is 1.21 bits per heavy atom. The molecule has 0 saturated carbocycles. The fourth-order valence-electron chi connectivity index (χ4n) is 3.34. The van der Waals surface area contributed by atoms with Crippen LogP contribution in [0, 0.1) is 0 Å². The van der Waals surface area contributed by atoms with Crippen LogP contribution < -0.4 is 10.1 Å². The molecule has 1 aliphatic heterocycles. The van der Waals surface area contributed by atoms with E-state index in [2.05, 4.69) is 5.32 Å². The number of ether oxygens (including phenoxy) is 2. The fraction of sp³-hybridized carbons (Fsp3) is 0.273. The van der Waals surface area contributed by atoms with E-state index in [9.17, 15) is 14.7 Å². The van der Waals surface area contributed by atoms with Crippen molar-refractivity contribution in [2.24, 2.45) is 0 Å². The zero-order valence-electron chi connectivity index (χ0n) is 16.6. The Morgan fingerprint density at radius 2 is 1.93 bits per heavy atom. The van der Waals surface area contributed by atoms with Crippen molar-refractivity contribution in [1.82, 2.24) is 10.2 Å². The molecule has 1 unspecified atom stereocenters. The number of hydrogen-bond donors (Lipinski definition) is 2. The zero-order chi connectivity index (χ0) is 21.0. The number of amides is 2. The van der Waals surface area contributed by atoms with E-state index in [-0.39, 0.29) is 17.5 Å². The lowest BCUT2D eigenvalue weighted by atomic mass is 9.94. The van der Waals surface area contributed by atoms with Gasteiger partial charge < -0.3 is 19.9 Å². The smallest absolute Gasteiger partial charge is 0.337 e. The highest BCUT2D eigenvalue weighted by Gasteiger charge is 2.36. The summed E-state index contributed by atoms with van der Waals surface area (Å²) in [6.07, 6.45) is 0. The summed E-state index contributed by atoms with van der Waals surface area (Å²) < 4.78 is 10.4. The molecule has 2 aromatic rings. The number of rotatable bonds is 6. The molecule has 3 rings (SSSR count). The first-order valence-electron chi connectivity index (χ1n) is 9.33. The van der Waals surface area contributed by atoms with Crippen molar-refractivity contribution in [3.05, 3.63) is 70.9 Å². The molecule has 2 amide bonds. The van der Waals surface area contributed by atoms with Crippen LogP contribution in [-0.4, -0.2) is 35.7 Å². The predicted octanol–water partition coefficient (Wildman–Crippen LogP) is 3.50. The van der Waals surface area contributed by atoms with Crippen LogP contribution in [0.15, 0.2) is 59.8 Å². The number of nitrogens with one attached hydrogen (secondary N) is 1. The molecule has 1 aliphatic rings. The molecule has 0 spiro atoms. The lowest BCUT2D eigenvalue weighted by Crippen LogP contribution is -2.47. The number of carbonyl (C=O) groups excluding carboxylic acids is 2. The van der Waals surface area contributed by atoms with Gasteiger partial charge in [-0.1, -0.05) is 36.4 Å². The summed E-state index contributed by atoms with van der Waals surface area (Å²) in [6.45, 7) is 4.23. The molecule has 1 heterocycles. The van der Waals surface area contributed by atoms with Crippen LogP contribution >= 0.6 is 0 Å². The summed E-state index contributed by atoms with van der Waals surface area (Å²) in [5, 5.41) is 12.9. The number of nitrogens with zero attached hydrogens (tertiary/aromatic N) is 1. The normalized spacial score (nSPS) is 16.4. The summed E-state index contributed by atoms with van der Waals surface area (Å²) in [4.78, 5) is 27.0. The van der Waals surface area contributed by atoms with Crippen molar-refractivity contribution >= 4 is 12.0 Å². The number of carbonyl (C=O) groups is 2. The van der Waals surface area contributed by atoms with Gasteiger partial charge in [0.1, 0.15) is 0 Å². The molecule has 7 nitrogen and oxygen atoms in total. The van der Waals surface area contributed by atoms with Crippen LogP contribution in [0.25, 0.3) is 0 Å². The number of methoxy groups -OCH3 is 1. The van der Waals surface area contributed by atoms with E-state index in [4.69, 9.17) is 9.47 Å². The largest absolute Gasteiger partial charge is 0.504 e. The third kappa shape index (κ3) is 4.18. The standard InChI is InChI=1S/C22H24N2O5/c1-4-29-18-12-16(10-11-17(18)25)20-19(21(26)28-3)14(2)24(22(27)23-20)13-15-8-6-5-7-9-15/h5-12,20,25H,4,13H2,1-3H3,(H,23,27). The molecule has 0 aromatic heterocycles. The van der Waals surface area contributed by atoms with E-state index >= 15 is 0 Å². The molecule has 152 valence electrons. The molecule has 2 N–H and O–H groups in total. The SMILES string of the molecule is CCOc1cc(C2NC(=O)N(Cc3ccccc3)C(C)=C2C(=O)OC)ccc1O. The maximum atomic E-state index is 12.9. The van der Waals surface area contributed by atoms with Gasteiger partial charge in [0.2, 0.25) is 0 Å². The van der Waals surface area contributed by atoms with Gasteiger partial charge in [0.05, 0.1) is 31.9 Å². The lowest BCUT2D eigenvalue weighted by Gasteiger charge is -2.35. The van der Waals surface area contributed by atoms with Gasteiger partial charge in [-0.25, -0.2) is 9.59 Å². The minimum atomic E-state index is -0.721. The number of esters is 1. The Kier molecular flexibility index (Phi) is 6.07. The highest BCUT2D eigenvalue weighted by Crippen LogP contribution is 2.36. The summed E-state index contributed by atoms with van der Waals surface area (Å²) >= 11 is 0. The van der Waals surface area contributed by atoms with Crippen molar-refractivity contribution < 1.29 is 24.2 Å². The van der Waals surface area contributed by atoms with E-state index in [1.165, 1.54) is 18.1 Å². The third-order valence-electron chi connectivity index (χ3n) is 4.80. The Bertz CT molecular complexity index is 939. The van der Waals surface area contributed by atoms with E-state index < -0.39 is 12.0 Å². The Labute approximate surface area is 169 Å². The quantitative estimate of drug-likeness (QED) is 0.730. The Balaban J connectivity index is 2.03. The van der Waals surface area contributed by atoms with Gasteiger partial charge in [0.15, 0.2) is 11.5 Å². The maximum absolute atomic E-state index is 12.9. The first-order chi connectivity index (χ1) is 14.0. The first kappa shape index (κ1) is 20.3. The average Bonchev–Trinajstić information content (AvgIpc) is 2.72. The topological polar surface area (TPSA) is 88.1 Å². The predicted molar refractivity (Wildman–Crippen MR) is 107 cm³/mol. The van der Waals surface area contributed by atoms with Crippen molar-refractivity contribution in [2.45, 2.75) is 26.4 Å². The van der Waals surface area contributed by atoms with Crippen LogP contribution in [0.1, 0.15) is 31.0 Å². The molecule has 0 saturated heterocycles. The second kappa shape index (κ2) is 8.68. The summed E-state index contributed by atoms with van der Waals surface area (Å²) in [7, 11) is 1.31. The van der Waals surface area contributed by atoms with Gasteiger partial charge >= 0.3 is 12.0 Å². The summed E-state index contributed by atoms with van der Waals surface area (Å²) in [5.41, 5.74) is 2.39. The number of allylic oxidation sites excluding steroid dienone is 1. The molecule has 0 fully saturated rings. The van der Waals surface area contributed by atoms with Gasteiger partial charge in [0, 0.05) is 5.70 Å². The molecule has 29 heavy (non-hydrogen) atoms. The monoisotopic (exact) mass is 396 g/mol. The number of phenolic OH excluding ortho intramolecular Hbond substituents is 1. The number of benzene rings is 2. The van der Waals surface area contributed by atoms with Gasteiger partial charge in [0.25, 0.3) is 0 Å². The molecule has 0 aliphatic carbocycles. The Morgan fingerprint density at radius 3 is 2.59 bits per heavy atom. The van der Waals surface area contributed by atoms with E-state index in [0.29, 0.717) is 30.0 Å². The fourth-order valence-corrected chi connectivity index (χ4v) is 3.34. The minimum absolute atomic E-state index is 0.0104. The second-order valence-electron chi connectivity index (χ2n) is 6.61. The van der Waals surface area contributed by atoms with Gasteiger partial charge in [-0.15, -0.1) is 0 Å². The van der Waals surface area contributed by atoms with Crippen molar-refractivity contribution in [2.75, 3.05) is 13.7 Å². The molecule has 2 aromatic carbocycles. The van der Waals surface area contributed by atoms with Crippen LogP contribution in [0.3, 0.4) is 0 Å². The molecular weight excluding hydrogens is 372 g/mol. The maximum Gasteiger partial charge on any atom is 0.337 e. The summed E-state index contributed by atoms with van der Waals surface area (Å²) in [6, 6.07) is 13.2. The average molecular weight is 396 g/mol. The van der Waals surface area contributed by atoms with E-state index in [1.54, 1.807) is 26.0 Å². The van der Waals surface area contributed by atoms with Crippen molar-refractivity contribution in [3.63, 3.8) is 0 Å². The molecule has 0 radical (unpaired) electrons. The van der Waals surface area contributed by atoms with Crippen LogP contribution in [0.5, 0.6) is 11.5 Å².